The van der Waals surface area contributed by atoms with Crippen LogP contribution < -0.4 is 16.6 Å². The molecule has 88 valence electrons. The lowest BCUT2D eigenvalue weighted by atomic mass is 10.1. The minimum atomic E-state index is -0.490. The van der Waals surface area contributed by atoms with Gasteiger partial charge in [-0.2, -0.15) is 0 Å². The molecule has 4 N–H and O–H groups in total. The van der Waals surface area contributed by atoms with Gasteiger partial charge in [0.25, 0.3) is 5.69 Å². The van der Waals surface area contributed by atoms with Crippen molar-refractivity contribution in [3.63, 3.8) is 0 Å². The van der Waals surface area contributed by atoms with Gasteiger partial charge < -0.3 is 10.7 Å². The lowest BCUT2D eigenvalue weighted by molar-refractivity contribution is -0.384. The van der Waals surface area contributed by atoms with Crippen molar-refractivity contribution in [2.45, 2.75) is 26.3 Å². The molecule has 0 aliphatic heterocycles. The molecule has 0 bridgehead atoms. The molecule has 1 aromatic rings. The molecule has 0 atom stereocenters. The molecule has 0 aromatic carbocycles. The Morgan fingerprint density at radius 2 is 1.94 bits per heavy atom. The van der Waals surface area contributed by atoms with E-state index in [0.717, 1.165) is 0 Å². The van der Waals surface area contributed by atoms with E-state index in [9.17, 15) is 10.1 Å². The Balaban J connectivity index is 3.09. The third-order valence-electron chi connectivity index (χ3n) is 1.67. The monoisotopic (exact) mass is 225 g/mol. The zero-order valence-corrected chi connectivity index (χ0v) is 9.44. The van der Waals surface area contributed by atoms with E-state index in [1.165, 1.54) is 12.1 Å². The van der Waals surface area contributed by atoms with E-state index in [-0.39, 0.29) is 17.0 Å². The third-order valence-corrected chi connectivity index (χ3v) is 1.67. The Labute approximate surface area is 93.2 Å². The lowest BCUT2D eigenvalue weighted by Crippen LogP contribution is -2.27. The maximum absolute atomic E-state index is 10.7. The highest BCUT2D eigenvalue weighted by atomic mass is 16.6. The average Bonchev–Trinajstić information content (AvgIpc) is 2.14. The molecule has 0 aliphatic rings. The van der Waals surface area contributed by atoms with E-state index in [2.05, 4.69) is 15.7 Å². The second kappa shape index (κ2) is 4.31. The van der Waals surface area contributed by atoms with Crippen LogP contribution in [-0.4, -0.2) is 15.4 Å². The van der Waals surface area contributed by atoms with Gasteiger partial charge in [0.2, 0.25) is 0 Å². The first-order chi connectivity index (χ1) is 7.31. The van der Waals surface area contributed by atoms with E-state index in [0.29, 0.717) is 5.82 Å². The number of nitrogens with zero attached hydrogens (tertiary/aromatic N) is 2. The number of hydrogen-bond donors (Lipinski definition) is 3. The van der Waals surface area contributed by atoms with Crippen molar-refractivity contribution in [2.24, 2.45) is 5.84 Å². The van der Waals surface area contributed by atoms with Crippen LogP contribution in [0, 0.1) is 10.1 Å². The van der Waals surface area contributed by atoms with E-state index in [1.807, 2.05) is 20.8 Å². The minimum absolute atomic E-state index is 0.0605. The van der Waals surface area contributed by atoms with Crippen molar-refractivity contribution in [1.29, 1.82) is 0 Å². The Morgan fingerprint density at radius 1 is 1.38 bits per heavy atom. The van der Waals surface area contributed by atoms with Gasteiger partial charge in [0.05, 0.1) is 17.1 Å². The largest absolute Gasteiger partial charge is 0.365 e. The SMILES string of the molecule is CC(C)(C)Nc1cc([N+](=O)[O-])cc(NN)n1. The highest BCUT2D eigenvalue weighted by molar-refractivity contribution is 5.54. The lowest BCUT2D eigenvalue weighted by Gasteiger charge is -2.21. The molecule has 16 heavy (non-hydrogen) atoms. The molecule has 0 fully saturated rings. The van der Waals surface area contributed by atoms with Crippen molar-refractivity contribution >= 4 is 17.3 Å². The Bertz CT molecular complexity index is 399. The highest BCUT2D eigenvalue weighted by Crippen LogP contribution is 2.22. The fourth-order valence-corrected chi connectivity index (χ4v) is 1.14. The van der Waals surface area contributed by atoms with Crippen molar-refractivity contribution < 1.29 is 4.92 Å². The molecule has 1 rings (SSSR count). The summed E-state index contributed by atoms with van der Waals surface area (Å²) in [5, 5.41) is 13.7. The summed E-state index contributed by atoms with van der Waals surface area (Å²) in [5.41, 5.74) is 2.00. The summed E-state index contributed by atoms with van der Waals surface area (Å²) in [7, 11) is 0. The molecule has 0 unspecified atom stereocenters. The fraction of sp³-hybridized carbons (Fsp3) is 0.444. The zero-order chi connectivity index (χ0) is 12.3. The quantitative estimate of drug-likeness (QED) is 0.408. The summed E-state index contributed by atoms with van der Waals surface area (Å²) in [6, 6.07) is 2.64. The highest BCUT2D eigenvalue weighted by Gasteiger charge is 2.15. The normalized spacial score (nSPS) is 11.0. The summed E-state index contributed by atoms with van der Waals surface area (Å²) in [4.78, 5) is 14.2. The third kappa shape index (κ3) is 3.35. The molecular weight excluding hydrogens is 210 g/mol. The van der Waals surface area contributed by atoms with Crippen molar-refractivity contribution in [3.8, 4) is 0 Å². The molecule has 7 nitrogen and oxygen atoms in total. The summed E-state index contributed by atoms with van der Waals surface area (Å²) < 4.78 is 0. The van der Waals surface area contributed by atoms with Crippen LogP contribution >= 0.6 is 0 Å². The molecular formula is C9H15N5O2. The van der Waals surface area contributed by atoms with Gasteiger partial charge in [-0.05, 0) is 20.8 Å². The number of anilines is 2. The van der Waals surface area contributed by atoms with Crippen molar-refractivity contribution in [1.82, 2.24) is 4.98 Å². The van der Waals surface area contributed by atoms with Crippen LogP contribution in [0.3, 0.4) is 0 Å². The summed E-state index contributed by atoms with van der Waals surface area (Å²) >= 11 is 0. The van der Waals surface area contributed by atoms with Crippen molar-refractivity contribution in [3.05, 3.63) is 22.2 Å². The van der Waals surface area contributed by atoms with Crippen LogP contribution in [-0.2, 0) is 0 Å². The topological polar surface area (TPSA) is 106 Å². The molecule has 1 heterocycles. The predicted molar refractivity (Wildman–Crippen MR) is 62.1 cm³/mol. The number of aromatic nitrogens is 1. The Kier molecular flexibility index (Phi) is 3.28. The van der Waals surface area contributed by atoms with Crippen molar-refractivity contribution in [2.75, 3.05) is 10.7 Å². The van der Waals surface area contributed by atoms with Crippen LogP contribution in [0.25, 0.3) is 0 Å². The van der Waals surface area contributed by atoms with Crippen LogP contribution in [0.1, 0.15) is 20.8 Å². The number of rotatable bonds is 3. The Morgan fingerprint density at radius 3 is 2.38 bits per heavy atom. The van der Waals surface area contributed by atoms with Gasteiger partial charge >= 0.3 is 0 Å². The van der Waals surface area contributed by atoms with Gasteiger partial charge in [0.15, 0.2) is 0 Å². The van der Waals surface area contributed by atoms with E-state index in [4.69, 9.17) is 5.84 Å². The molecule has 0 amide bonds. The number of nitrogens with one attached hydrogen (secondary N) is 2. The van der Waals surface area contributed by atoms with Gasteiger partial charge in [0.1, 0.15) is 11.6 Å². The van der Waals surface area contributed by atoms with Gasteiger partial charge in [-0.1, -0.05) is 0 Å². The number of hydrazine groups is 1. The number of hydrogen-bond acceptors (Lipinski definition) is 6. The first kappa shape index (κ1) is 12.2. The molecule has 1 aromatic heterocycles. The molecule has 7 heteroatoms. The number of pyridine rings is 1. The maximum Gasteiger partial charge on any atom is 0.276 e. The number of nitrogen functional groups attached to an aromatic ring is 1. The van der Waals surface area contributed by atoms with Crippen LogP contribution in [0.15, 0.2) is 12.1 Å². The van der Waals surface area contributed by atoms with E-state index >= 15 is 0 Å². The molecule has 0 spiro atoms. The zero-order valence-electron chi connectivity index (χ0n) is 9.44. The first-order valence-electron chi connectivity index (χ1n) is 4.73. The fourth-order valence-electron chi connectivity index (χ4n) is 1.14. The second-order valence-electron chi connectivity index (χ2n) is 4.37. The summed E-state index contributed by atoms with van der Waals surface area (Å²) in [6.07, 6.45) is 0. The van der Waals surface area contributed by atoms with Gasteiger partial charge in [0, 0.05) is 5.54 Å². The summed E-state index contributed by atoms with van der Waals surface area (Å²) in [6.45, 7) is 5.80. The van der Waals surface area contributed by atoms with Gasteiger partial charge in [-0.3, -0.25) is 10.1 Å². The summed E-state index contributed by atoms with van der Waals surface area (Å²) in [5.74, 6) is 5.85. The van der Waals surface area contributed by atoms with E-state index in [1.54, 1.807) is 0 Å². The van der Waals surface area contributed by atoms with Gasteiger partial charge in [-0.15, -0.1) is 0 Å². The average molecular weight is 225 g/mol. The molecule has 0 radical (unpaired) electrons. The second-order valence-corrected chi connectivity index (χ2v) is 4.37. The predicted octanol–water partition coefficient (Wildman–Crippen LogP) is 1.49. The maximum atomic E-state index is 10.7. The standard InChI is InChI=1S/C9H15N5O2/c1-9(2,3)12-7-4-6(14(15)16)5-8(11-7)13-10/h4-5H,10H2,1-3H3,(H2,11,12,13). The minimum Gasteiger partial charge on any atom is -0.365 e. The van der Waals surface area contributed by atoms with Crippen LogP contribution in [0.4, 0.5) is 17.3 Å². The van der Waals surface area contributed by atoms with Crippen LogP contribution in [0.2, 0.25) is 0 Å². The van der Waals surface area contributed by atoms with Gasteiger partial charge in [-0.25, -0.2) is 10.8 Å². The first-order valence-corrected chi connectivity index (χ1v) is 4.73. The van der Waals surface area contributed by atoms with Crippen LogP contribution in [0.5, 0.6) is 0 Å². The smallest absolute Gasteiger partial charge is 0.276 e. The molecule has 0 aliphatic carbocycles. The number of nitro groups is 1. The van der Waals surface area contributed by atoms with E-state index < -0.39 is 4.92 Å². The number of nitrogens with two attached hydrogens (primary N) is 1. The Hall–Kier alpha value is -1.89. The molecule has 0 saturated heterocycles. The molecule has 0 saturated carbocycles.